The fourth-order valence-electron chi connectivity index (χ4n) is 6.67. The number of hydrogen-bond donors (Lipinski definition) is 3. The number of primary sulfonamides is 1. The molecule has 56 heavy (non-hydrogen) atoms. The number of aromatic nitrogens is 2. The number of rotatable bonds is 11. The van der Waals surface area contributed by atoms with E-state index in [1.807, 2.05) is 44.2 Å². The van der Waals surface area contributed by atoms with Gasteiger partial charge in [-0.15, -0.1) is 5.26 Å². The minimum absolute atomic E-state index is 0.0764. The maximum Gasteiger partial charge on any atom is 0.332 e. The maximum atomic E-state index is 12.5. The number of nitrogens with two attached hydrogens (primary N) is 1. The first-order chi connectivity index (χ1) is 26.5. The zero-order valence-corrected chi connectivity index (χ0v) is 34.2. The van der Waals surface area contributed by atoms with Crippen molar-refractivity contribution in [1.29, 1.82) is 5.26 Å². The number of fused-ring (bicyclic) bond motifs is 2. The molecular formula is C40H50N6O8S2. The summed E-state index contributed by atoms with van der Waals surface area (Å²) >= 11 is 0. The molecule has 0 fully saturated rings. The van der Waals surface area contributed by atoms with Crippen LogP contribution in [0.2, 0.25) is 0 Å². The summed E-state index contributed by atoms with van der Waals surface area (Å²) in [4.78, 5) is 20.7. The maximum absolute atomic E-state index is 12.5. The van der Waals surface area contributed by atoms with E-state index in [9.17, 15) is 21.6 Å². The first-order valence-electron chi connectivity index (χ1n) is 18.2. The van der Waals surface area contributed by atoms with Gasteiger partial charge in [-0.25, -0.2) is 41.5 Å². The van der Waals surface area contributed by atoms with Gasteiger partial charge in [-0.2, -0.15) is 0 Å². The third-order valence-electron chi connectivity index (χ3n) is 8.78. The van der Waals surface area contributed by atoms with E-state index in [4.69, 9.17) is 24.6 Å². The molecule has 0 spiro atoms. The predicted octanol–water partition coefficient (Wildman–Crippen LogP) is 6.39. The van der Waals surface area contributed by atoms with Crippen molar-refractivity contribution in [3.8, 4) is 46.0 Å². The van der Waals surface area contributed by atoms with Crippen molar-refractivity contribution < 1.29 is 35.8 Å². The number of nitrogens with zero attached hydrogens (tertiary/aromatic N) is 3. The van der Waals surface area contributed by atoms with Gasteiger partial charge in [0.25, 0.3) is 6.26 Å². The number of aryl methyl sites for hydroxylation is 2. The molecular weight excluding hydrogens is 757 g/mol. The standard InChI is InChI=1S/C20H25N3O4S.C16H14N2O2.C4H11NO2S/c1-13(2)12-28(25,26)23-20(24)22-19-16-6-4-5-14(16)7-8-17(19)15-9-10-21-18(11-15)27-3;1-19-15-9-12(7-8-18-15)14-6-5-11-3-2-4-13(11)16(14)20-10-17;1-4(2)3-8(5,6)7/h7-11,13H,4-6,12H2,1-3H3,(H2,22,23,24);5-9H,2-4H2,1H3;4H,3H2,1-2H3,(H2,5,6,7). The number of sulfonamides is 2. The number of urea groups is 1. The van der Waals surface area contributed by atoms with Crippen LogP contribution in [0, 0.1) is 23.4 Å². The van der Waals surface area contributed by atoms with Crippen LogP contribution in [0.5, 0.6) is 17.5 Å². The fourth-order valence-corrected chi connectivity index (χ4v) is 8.90. The molecule has 14 nitrogen and oxygen atoms in total. The van der Waals surface area contributed by atoms with E-state index in [-0.39, 0.29) is 23.3 Å². The summed E-state index contributed by atoms with van der Waals surface area (Å²) in [5, 5.41) is 16.4. The monoisotopic (exact) mass is 806 g/mol. The molecule has 300 valence electrons. The van der Waals surface area contributed by atoms with Gasteiger partial charge in [-0.05, 0) is 95.9 Å². The van der Waals surface area contributed by atoms with Gasteiger partial charge in [-0.1, -0.05) is 52.0 Å². The predicted molar refractivity (Wildman–Crippen MR) is 216 cm³/mol. The number of carbonyl (C=O) groups is 1. The molecule has 0 saturated carbocycles. The van der Waals surface area contributed by atoms with Crippen LogP contribution in [0.3, 0.4) is 0 Å². The molecule has 0 atom stereocenters. The molecule has 4 N–H and O–H groups in total. The summed E-state index contributed by atoms with van der Waals surface area (Å²) in [7, 11) is -3.79. The van der Waals surface area contributed by atoms with Crippen molar-refractivity contribution >= 4 is 31.8 Å². The molecule has 4 aromatic rings. The van der Waals surface area contributed by atoms with Crippen LogP contribution in [0.1, 0.15) is 62.8 Å². The molecule has 2 aliphatic carbocycles. The molecule has 16 heteroatoms. The fraction of sp³-hybridized carbons (Fsp3) is 0.400. The van der Waals surface area contributed by atoms with Crippen molar-refractivity contribution in [3.63, 3.8) is 0 Å². The third kappa shape index (κ3) is 12.4. The largest absolute Gasteiger partial charge is 0.481 e. The Bertz CT molecular complexity index is 2270. The molecule has 2 aromatic heterocycles. The second-order valence-electron chi connectivity index (χ2n) is 14.2. The first-order valence-corrected chi connectivity index (χ1v) is 21.6. The zero-order chi connectivity index (χ0) is 41.0. The van der Waals surface area contributed by atoms with Gasteiger partial charge in [0.2, 0.25) is 31.8 Å². The van der Waals surface area contributed by atoms with E-state index >= 15 is 0 Å². The Kier molecular flexibility index (Phi) is 15.2. The summed E-state index contributed by atoms with van der Waals surface area (Å²) in [6.45, 7) is 7.20. The van der Waals surface area contributed by atoms with Crippen molar-refractivity contribution in [3.05, 3.63) is 83.2 Å². The highest BCUT2D eigenvalue weighted by Gasteiger charge is 2.24. The zero-order valence-electron chi connectivity index (χ0n) is 32.6. The Morgan fingerprint density at radius 3 is 1.80 bits per heavy atom. The smallest absolute Gasteiger partial charge is 0.332 e. The summed E-state index contributed by atoms with van der Waals surface area (Å²) in [5.41, 5.74) is 8.78. The number of anilines is 1. The van der Waals surface area contributed by atoms with Gasteiger partial charge >= 0.3 is 6.03 Å². The van der Waals surface area contributed by atoms with Crippen molar-refractivity contribution in [2.45, 2.75) is 66.2 Å². The van der Waals surface area contributed by atoms with Gasteiger partial charge in [0.15, 0.2) is 5.75 Å². The summed E-state index contributed by atoms with van der Waals surface area (Å²) in [5.74, 6) is 1.71. The molecule has 2 amide bonds. The number of benzene rings is 2. The van der Waals surface area contributed by atoms with E-state index in [1.54, 1.807) is 52.8 Å². The Hall–Kier alpha value is -5.24. The minimum Gasteiger partial charge on any atom is -0.481 e. The van der Waals surface area contributed by atoms with E-state index in [0.29, 0.717) is 23.2 Å². The first kappa shape index (κ1) is 43.5. The van der Waals surface area contributed by atoms with Crippen molar-refractivity contribution in [1.82, 2.24) is 14.7 Å². The number of methoxy groups -OCH3 is 2. The lowest BCUT2D eigenvalue weighted by molar-refractivity contribution is 0.256. The van der Waals surface area contributed by atoms with Crippen molar-refractivity contribution in [2.24, 2.45) is 17.0 Å². The minimum atomic E-state index is -3.69. The molecule has 0 bridgehead atoms. The van der Waals surface area contributed by atoms with Crippen LogP contribution in [0.15, 0.2) is 60.9 Å². The SMILES string of the molecule is CC(C)CS(N)(=O)=O.COc1cc(-c2ccc3c(c2NC(=O)NS(=O)(=O)CC(C)C)CCC3)ccn1.COc1cc(-c2ccc3c(c2OC#N)CCC3)ccn1. The Balaban J connectivity index is 0.000000216. The molecule has 0 radical (unpaired) electrons. The molecule has 0 aliphatic heterocycles. The van der Waals surface area contributed by atoms with Gasteiger partial charge in [0, 0.05) is 35.7 Å². The van der Waals surface area contributed by atoms with Gasteiger partial charge in [-0.3, -0.25) is 0 Å². The molecule has 0 unspecified atom stereocenters. The Morgan fingerprint density at radius 2 is 1.30 bits per heavy atom. The number of pyridine rings is 2. The van der Waals surface area contributed by atoms with E-state index in [0.717, 1.165) is 71.9 Å². The number of ether oxygens (including phenoxy) is 3. The number of nitrogens with one attached hydrogen (secondary N) is 2. The number of hydrogen-bond acceptors (Lipinski definition) is 11. The Labute approximate surface area is 329 Å². The molecule has 6 rings (SSSR count). The lowest BCUT2D eigenvalue weighted by atomic mass is 9.98. The van der Waals surface area contributed by atoms with Crippen molar-refractivity contribution in [2.75, 3.05) is 31.0 Å². The number of amides is 2. The topological polar surface area (TPSA) is 213 Å². The van der Waals surface area contributed by atoms with Crippen LogP contribution in [0.25, 0.3) is 22.3 Å². The lowest BCUT2D eigenvalue weighted by Gasteiger charge is -2.17. The van der Waals surface area contributed by atoms with Crippen LogP contribution >= 0.6 is 0 Å². The molecule has 2 aromatic carbocycles. The quantitative estimate of drug-likeness (QED) is 0.141. The lowest BCUT2D eigenvalue weighted by Crippen LogP contribution is -2.37. The highest BCUT2D eigenvalue weighted by Crippen LogP contribution is 2.40. The number of nitriles is 1. The average molecular weight is 807 g/mol. The number of carbonyl (C=O) groups excluding carboxylic acids is 1. The van der Waals surface area contributed by atoms with Crippen LogP contribution in [-0.4, -0.2) is 58.6 Å². The van der Waals surface area contributed by atoms with Crippen LogP contribution in [0.4, 0.5) is 10.5 Å². The van der Waals surface area contributed by atoms with Crippen LogP contribution in [-0.2, 0) is 45.7 Å². The average Bonchev–Trinajstić information content (AvgIpc) is 3.81. The summed E-state index contributed by atoms with van der Waals surface area (Å²) in [6.07, 6.45) is 11.0. The summed E-state index contributed by atoms with van der Waals surface area (Å²) in [6, 6.07) is 14.7. The highest BCUT2D eigenvalue weighted by atomic mass is 32.2. The van der Waals surface area contributed by atoms with Gasteiger partial charge in [0.05, 0.1) is 31.4 Å². The molecule has 2 aliphatic rings. The third-order valence-corrected chi connectivity index (χ3v) is 11.5. The van der Waals surface area contributed by atoms with E-state index < -0.39 is 26.1 Å². The van der Waals surface area contributed by atoms with Gasteiger partial charge in [0.1, 0.15) is 0 Å². The highest BCUT2D eigenvalue weighted by molar-refractivity contribution is 7.90. The van der Waals surface area contributed by atoms with E-state index in [1.165, 1.54) is 11.1 Å². The normalized spacial score (nSPS) is 12.9. The second kappa shape index (κ2) is 19.6. The summed E-state index contributed by atoms with van der Waals surface area (Å²) < 4.78 is 62.4. The molecule has 0 saturated heterocycles. The molecule has 2 heterocycles. The Morgan fingerprint density at radius 1 is 0.786 bits per heavy atom. The van der Waals surface area contributed by atoms with Gasteiger partial charge < -0.3 is 19.5 Å². The second-order valence-corrected chi connectivity index (χ2v) is 17.7. The van der Waals surface area contributed by atoms with Crippen LogP contribution < -0.4 is 29.4 Å². The van der Waals surface area contributed by atoms with E-state index in [2.05, 4.69) is 32.1 Å².